The van der Waals surface area contributed by atoms with E-state index in [0.29, 0.717) is 4.75 Å². The minimum Gasteiger partial charge on any atom is -0.359 e. The molecule has 106 valence electrons. The second kappa shape index (κ2) is 6.14. The molecule has 1 aliphatic rings. The summed E-state index contributed by atoms with van der Waals surface area (Å²) in [6, 6.07) is 10.4. The molecule has 0 aliphatic heterocycles. The lowest BCUT2D eigenvalue weighted by Gasteiger charge is -2.40. The molecule has 1 aromatic heterocycles. The molecule has 0 saturated heterocycles. The van der Waals surface area contributed by atoms with Crippen LogP contribution in [-0.2, 0) is 6.42 Å². The van der Waals surface area contributed by atoms with Gasteiger partial charge >= 0.3 is 0 Å². The van der Waals surface area contributed by atoms with Crippen LogP contribution in [0.3, 0.4) is 0 Å². The van der Waals surface area contributed by atoms with E-state index >= 15 is 0 Å². The van der Waals surface area contributed by atoms with Crippen molar-refractivity contribution in [2.45, 2.75) is 30.4 Å². The molecule has 0 bridgehead atoms. The molecule has 3 rings (SSSR count). The average Bonchev–Trinajstić information content (AvgIpc) is 2.87. The van der Waals surface area contributed by atoms with Gasteiger partial charge in [-0.3, -0.25) is 0 Å². The first-order valence-corrected chi connectivity index (χ1v) is 8.99. The fourth-order valence-electron chi connectivity index (χ4n) is 2.43. The maximum Gasteiger partial charge on any atom is 0.205 e. The average molecular weight is 305 g/mol. The summed E-state index contributed by atoms with van der Waals surface area (Å²) in [5.74, 6) is 0. The van der Waals surface area contributed by atoms with Crippen molar-refractivity contribution < 1.29 is 0 Å². The highest BCUT2D eigenvalue weighted by molar-refractivity contribution is 8.00. The molecule has 1 fully saturated rings. The molecule has 0 amide bonds. The van der Waals surface area contributed by atoms with Crippen LogP contribution in [0.4, 0.5) is 5.13 Å². The third-order valence-electron chi connectivity index (χ3n) is 3.92. The van der Waals surface area contributed by atoms with E-state index in [1.165, 1.54) is 24.8 Å². The van der Waals surface area contributed by atoms with E-state index in [0.717, 1.165) is 23.1 Å². The Morgan fingerprint density at radius 1 is 1.25 bits per heavy atom. The van der Waals surface area contributed by atoms with E-state index in [1.54, 1.807) is 11.3 Å². The summed E-state index contributed by atoms with van der Waals surface area (Å²) in [5.41, 5.74) is 1.29. The second-order valence-electron chi connectivity index (χ2n) is 5.26. The van der Waals surface area contributed by atoms with E-state index in [4.69, 9.17) is 0 Å². The van der Waals surface area contributed by atoms with Crippen LogP contribution in [0.25, 0.3) is 0 Å². The van der Waals surface area contributed by atoms with Gasteiger partial charge in [-0.05, 0) is 24.7 Å². The Bertz CT molecular complexity index is 544. The molecule has 0 radical (unpaired) electrons. The number of nitrogens with zero attached hydrogens (tertiary/aromatic N) is 2. The first-order valence-electron chi connectivity index (χ1n) is 6.95. The monoisotopic (exact) mass is 305 g/mol. The molecule has 3 nitrogen and oxygen atoms in total. The van der Waals surface area contributed by atoms with Gasteiger partial charge in [0.2, 0.25) is 5.13 Å². The molecule has 1 N–H and O–H groups in total. The number of rotatable bonds is 6. The minimum absolute atomic E-state index is 0.436. The Labute approximate surface area is 128 Å². The van der Waals surface area contributed by atoms with Crippen molar-refractivity contribution in [3.8, 4) is 0 Å². The Morgan fingerprint density at radius 3 is 2.70 bits per heavy atom. The third kappa shape index (κ3) is 3.15. The topological polar surface area (TPSA) is 37.8 Å². The Kier molecular flexibility index (Phi) is 4.27. The number of aromatic nitrogens is 2. The number of benzene rings is 1. The van der Waals surface area contributed by atoms with Crippen LogP contribution in [0.2, 0.25) is 0 Å². The largest absolute Gasteiger partial charge is 0.359 e. The molecule has 0 spiro atoms. The van der Waals surface area contributed by atoms with Gasteiger partial charge in [-0.2, -0.15) is 11.8 Å². The molecular formula is C15H19N3S2. The molecule has 20 heavy (non-hydrogen) atoms. The fourth-order valence-corrected chi connectivity index (χ4v) is 4.11. The summed E-state index contributed by atoms with van der Waals surface area (Å²) in [5, 5.41) is 14.0. The van der Waals surface area contributed by atoms with Crippen LogP contribution in [-0.4, -0.2) is 27.7 Å². The Morgan fingerprint density at radius 2 is 2.05 bits per heavy atom. The van der Waals surface area contributed by atoms with Gasteiger partial charge in [-0.1, -0.05) is 48.1 Å². The van der Waals surface area contributed by atoms with Crippen LogP contribution in [0.5, 0.6) is 0 Å². The molecule has 1 saturated carbocycles. The molecule has 1 aromatic carbocycles. The van der Waals surface area contributed by atoms with Gasteiger partial charge in [0.15, 0.2) is 0 Å². The molecule has 5 heteroatoms. The van der Waals surface area contributed by atoms with Gasteiger partial charge in [-0.25, -0.2) is 0 Å². The number of anilines is 1. The highest BCUT2D eigenvalue weighted by atomic mass is 32.2. The fraction of sp³-hybridized carbons (Fsp3) is 0.467. The van der Waals surface area contributed by atoms with E-state index in [-0.39, 0.29) is 0 Å². The zero-order valence-electron chi connectivity index (χ0n) is 11.6. The van der Waals surface area contributed by atoms with Crippen molar-refractivity contribution >= 4 is 28.2 Å². The van der Waals surface area contributed by atoms with Gasteiger partial charge in [0.1, 0.15) is 5.01 Å². The summed E-state index contributed by atoms with van der Waals surface area (Å²) in [4.78, 5) is 0. The van der Waals surface area contributed by atoms with Crippen molar-refractivity contribution in [3.63, 3.8) is 0 Å². The molecule has 2 aromatic rings. The molecule has 0 atom stereocenters. The standard InChI is InChI=1S/C15H19N3S2/c1-19-15(8-5-9-15)11-16-14-18-17-13(20-14)10-12-6-3-2-4-7-12/h2-4,6-7H,5,8-11H2,1H3,(H,16,18). The van der Waals surface area contributed by atoms with Gasteiger partial charge in [0.25, 0.3) is 0 Å². The maximum absolute atomic E-state index is 4.28. The molecule has 1 heterocycles. The predicted molar refractivity (Wildman–Crippen MR) is 87.7 cm³/mol. The molecule has 0 unspecified atom stereocenters. The zero-order valence-corrected chi connectivity index (χ0v) is 13.3. The van der Waals surface area contributed by atoms with E-state index in [1.807, 2.05) is 17.8 Å². The number of nitrogens with one attached hydrogen (secondary N) is 1. The van der Waals surface area contributed by atoms with Crippen LogP contribution in [0, 0.1) is 0 Å². The lowest BCUT2D eigenvalue weighted by molar-refractivity contribution is 0.380. The highest BCUT2D eigenvalue weighted by Gasteiger charge is 2.35. The SMILES string of the molecule is CSC1(CNc2nnc(Cc3ccccc3)s2)CCC1. The van der Waals surface area contributed by atoms with Crippen LogP contribution < -0.4 is 5.32 Å². The van der Waals surface area contributed by atoms with Crippen molar-refractivity contribution in [1.29, 1.82) is 0 Å². The summed E-state index contributed by atoms with van der Waals surface area (Å²) >= 11 is 3.65. The third-order valence-corrected chi connectivity index (χ3v) is 6.22. The van der Waals surface area contributed by atoms with Gasteiger partial charge < -0.3 is 5.32 Å². The Hall–Kier alpha value is -1.07. The number of hydrogen-bond donors (Lipinski definition) is 1. The van der Waals surface area contributed by atoms with Crippen LogP contribution in [0.15, 0.2) is 30.3 Å². The van der Waals surface area contributed by atoms with E-state index < -0.39 is 0 Å². The second-order valence-corrected chi connectivity index (χ2v) is 7.59. The van der Waals surface area contributed by atoms with Crippen molar-refractivity contribution in [2.75, 3.05) is 18.1 Å². The quantitative estimate of drug-likeness (QED) is 0.880. The van der Waals surface area contributed by atoms with E-state index in [2.05, 4.69) is 46.0 Å². The van der Waals surface area contributed by atoms with Crippen LogP contribution >= 0.6 is 23.1 Å². The minimum atomic E-state index is 0.436. The van der Waals surface area contributed by atoms with Crippen molar-refractivity contribution in [3.05, 3.63) is 40.9 Å². The van der Waals surface area contributed by atoms with E-state index in [9.17, 15) is 0 Å². The van der Waals surface area contributed by atoms with Gasteiger partial charge in [0.05, 0.1) is 0 Å². The van der Waals surface area contributed by atoms with Crippen LogP contribution in [0.1, 0.15) is 29.8 Å². The highest BCUT2D eigenvalue weighted by Crippen LogP contribution is 2.42. The summed E-state index contributed by atoms with van der Waals surface area (Å²) in [6.07, 6.45) is 7.07. The summed E-state index contributed by atoms with van der Waals surface area (Å²) in [7, 11) is 0. The van der Waals surface area contributed by atoms with Gasteiger partial charge in [-0.15, -0.1) is 10.2 Å². The predicted octanol–water partition coefficient (Wildman–Crippen LogP) is 3.83. The lowest BCUT2D eigenvalue weighted by atomic mass is 9.84. The zero-order chi connectivity index (χ0) is 13.8. The van der Waals surface area contributed by atoms with Crippen molar-refractivity contribution in [2.24, 2.45) is 0 Å². The number of thioether (sulfide) groups is 1. The van der Waals surface area contributed by atoms with Crippen molar-refractivity contribution in [1.82, 2.24) is 10.2 Å². The smallest absolute Gasteiger partial charge is 0.205 e. The first-order chi connectivity index (χ1) is 9.80. The lowest BCUT2D eigenvalue weighted by Crippen LogP contribution is -2.40. The normalized spacial score (nSPS) is 16.6. The molecular weight excluding hydrogens is 286 g/mol. The summed E-state index contributed by atoms with van der Waals surface area (Å²) < 4.78 is 0.436. The molecule has 1 aliphatic carbocycles. The summed E-state index contributed by atoms with van der Waals surface area (Å²) in [6.45, 7) is 1.01. The maximum atomic E-state index is 4.28. The van der Waals surface area contributed by atoms with Gasteiger partial charge in [0, 0.05) is 17.7 Å². The Balaban J connectivity index is 1.57. The number of hydrogen-bond acceptors (Lipinski definition) is 5. The first kappa shape index (κ1) is 13.9.